The SMILES string of the molecule is COc1ccccc1C(C)NC(=O)CN(c1ccc(Cl)c(C(F)(F)F)c1)S(=O)(=O)c1ccccc1. The Labute approximate surface area is 206 Å². The molecule has 11 heteroatoms. The summed E-state index contributed by atoms with van der Waals surface area (Å²) >= 11 is 5.71. The maximum atomic E-state index is 13.5. The number of para-hydroxylation sites is 1. The predicted octanol–water partition coefficient (Wildman–Crippen LogP) is 5.44. The van der Waals surface area contributed by atoms with Gasteiger partial charge in [0.1, 0.15) is 12.3 Å². The van der Waals surface area contributed by atoms with Crippen LogP contribution >= 0.6 is 11.6 Å². The Morgan fingerprint density at radius 2 is 1.69 bits per heavy atom. The Kier molecular flexibility index (Phi) is 7.97. The summed E-state index contributed by atoms with van der Waals surface area (Å²) in [6.45, 7) is 0.908. The zero-order chi connectivity index (χ0) is 25.8. The average Bonchev–Trinajstić information content (AvgIpc) is 2.82. The number of hydrogen-bond donors (Lipinski definition) is 1. The minimum absolute atomic E-state index is 0.186. The smallest absolute Gasteiger partial charge is 0.417 e. The van der Waals surface area contributed by atoms with Gasteiger partial charge in [0.25, 0.3) is 10.0 Å². The predicted molar refractivity (Wildman–Crippen MR) is 127 cm³/mol. The quantitative estimate of drug-likeness (QED) is 0.424. The molecule has 0 aliphatic carbocycles. The first-order valence-corrected chi connectivity index (χ1v) is 12.1. The fourth-order valence-corrected chi connectivity index (χ4v) is 5.10. The maximum absolute atomic E-state index is 13.5. The summed E-state index contributed by atoms with van der Waals surface area (Å²) in [7, 11) is -2.93. The van der Waals surface area contributed by atoms with Gasteiger partial charge in [-0.1, -0.05) is 48.0 Å². The summed E-state index contributed by atoms with van der Waals surface area (Å²) in [6, 6.07) is 16.2. The van der Waals surface area contributed by atoms with Crippen molar-refractivity contribution in [3.63, 3.8) is 0 Å². The number of anilines is 1. The van der Waals surface area contributed by atoms with Gasteiger partial charge in [-0.2, -0.15) is 13.2 Å². The Balaban J connectivity index is 1.99. The van der Waals surface area contributed by atoms with Gasteiger partial charge in [-0.05, 0) is 43.3 Å². The van der Waals surface area contributed by atoms with Crippen LogP contribution in [0, 0.1) is 0 Å². The number of sulfonamides is 1. The summed E-state index contributed by atoms with van der Waals surface area (Å²) in [5.74, 6) is -0.215. The molecule has 0 aromatic heterocycles. The number of halogens is 4. The van der Waals surface area contributed by atoms with E-state index in [9.17, 15) is 26.4 Å². The van der Waals surface area contributed by atoms with Crippen molar-refractivity contribution in [1.82, 2.24) is 5.32 Å². The van der Waals surface area contributed by atoms with Crippen LogP contribution in [-0.4, -0.2) is 28.0 Å². The van der Waals surface area contributed by atoms with Crippen molar-refractivity contribution < 1.29 is 31.1 Å². The third-order valence-electron chi connectivity index (χ3n) is 5.14. The zero-order valence-electron chi connectivity index (χ0n) is 18.7. The van der Waals surface area contributed by atoms with Crippen molar-refractivity contribution >= 4 is 33.2 Å². The number of benzene rings is 3. The molecule has 0 spiro atoms. The number of nitrogens with zero attached hydrogens (tertiary/aromatic N) is 1. The number of ether oxygens (including phenoxy) is 1. The third kappa shape index (κ3) is 6.07. The molecule has 0 heterocycles. The standard InChI is InChI=1S/C24H22ClF3N2O4S/c1-16(19-10-6-7-11-22(19)34-2)29-23(31)15-30(35(32,33)18-8-4-3-5-9-18)17-12-13-21(25)20(14-17)24(26,27)28/h3-14,16H,15H2,1-2H3,(H,29,31). The average molecular weight is 527 g/mol. The number of alkyl halides is 3. The summed E-state index contributed by atoms with van der Waals surface area (Å²) in [5, 5.41) is 2.09. The van der Waals surface area contributed by atoms with E-state index in [0.717, 1.165) is 12.1 Å². The Morgan fingerprint density at radius 3 is 2.31 bits per heavy atom. The van der Waals surface area contributed by atoms with Crippen LogP contribution in [0.1, 0.15) is 24.1 Å². The van der Waals surface area contributed by atoms with Crippen LogP contribution < -0.4 is 14.4 Å². The van der Waals surface area contributed by atoms with Gasteiger partial charge in [-0.25, -0.2) is 8.42 Å². The fourth-order valence-electron chi connectivity index (χ4n) is 3.44. The molecule has 3 rings (SSSR count). The Bertz CT molecular complexity index is 1300. The van der Waals surface area contributed by atoms with Crippen LogP contribution in [0.2, 0.25) is 5.02 Å². The van der Waals surface area contributed by atoms with Crippen molar-refractivity contribution in [3.05, 3.63) is 88.9 Å². The van der Waals surface area contributed by atoms with Gasteiger partial charge >= 0.3 is 6.18 Å². The van der Waals surface area contributed by atoms with Gasteiger partial charge in [0, 0.05) is 5.56 Å². The van der Waals surface area contributed by atoms with Crippen molar-refractivity contribution in [2.75, 3.05) is 18.0 Å². The molecule has 0 bridgehead atoms. The van der Waals surface area contributed by atoms with Gasteiger partial charge in [-0.15, -0.1) is 0 Å². The molecule has 186 valence electrons. The highest BCUT2D eigenvalue weighted by molar-refractivity contribution is 7.92. The first kappa shape index (κ1) is 26.4. The second kappa shape index (κ2) is 10.6. The van der Waals surface area contributed by atoms with Crippen molar-refractivity contribution in [2.24, 2.45) is 0 Å². The van der Waals surface area contributed by atoms with Crippen molar-refractivity contribution in [3.8, 4) is 5.75 Å². The topological polar surface area (TPSA) is 75.7 Å². The zero-order valence-corrected chi connectivity index (χ0v) is 20.3. The number of carbonyl (C=O) groups excluding carboxylic acids is 1. The summed E-state index contributed by atoms with van der Waals surface area (Å²) in [5.41, 5.74) is -0.926. The van der Waals surface area contributed by atoms with Crippen LogP contribution in [0.15, 0.2) is 77.7 Å². The highest BCUT2D eigenvalue weighted by Crippen LogP contribution is 2.38. The Morgan fingerprint density at radius 1 is 1.06 bits per heavy atom. The van der Waals surface area contributed by atoms with Crippen LogP contribution in [-0.2, 0) is 21.0 Å². The lowest BCUT2D eigenvalue weighted by atomic mass is 10.1. The highest BCUT2D eigenvalue weighted by atomic mass is 35.5. The van der Waals surface area contributed by atoms with Crippen LogP contribution in [0.5, 0.6) is 5.75 Å². The van der Waals surface area contributed by atoms with Crippen LogP contribution in [0.4, 0.5) is 18.9 Å². The number of nitrogens with one attached hydrogen (secondary N) is 1. The molecule has 3 aromatic carbocycles. The lowest BCUT2D eigenvalue weighted by Crippen LogP contribution is -2.41. The van der Waals surface area contributed by atoms with E-state index in [-0.39, 0.29) is 10.6 Å². The van der Waals surface area contributed by atoms with E-state index in [2.05, 4.69) is 5.32 Å². The van der Waals surface area contributed by atoms with E-state index in [4.69, 9.17) is 16.3 Å². The van der Waals surface area contributed by atoms with Gasteiger partial charge in [0.15, 0.2) is 0 Å². The molecular weight excluding hydrogens is 505 g/mol. The number of rotatable bonds is 8. The van der Waals surface area contributed by atoms with E-state index >= 15 is 0 Å². The molecule has 1 N–H and O–H groups in total. The number of carbonyl (C=O) groups is 1. The van der Waals surface area contributed by atoms with Gasteiger partial charge in [-0.3, -0.25) is 9.10 Å². The Hall–Kier alpha value is -3.24. The lowest BCUT2D eigenvalue weighted by Gasteiger charge is -2.26. The third-order valence-corrected chi connectivity index (χ3v) is 7.26. The van der Waals surface area contributed by atoms with Crippen molar-refractivity contribution in [2.45, 2.75) is 24.0 Å². The molecule has 1 amide bonds. The van der Waals surface area contributed by atoms with E-state index < -0.39 is 45.3 Å². The van der Waals surface area contributed by atoms with Gasteiger partial charge < -0.3 is 10.1 Å². The van der Waals surface area contributed by atoms with E-state index in [1.807, 2.05) is 0 Å². The first-order valence-electron chi connectivity index (χ1n) is 10.3. The molecule has 35 heavy (non-hydrogen) atoms. The first-order chi connectivity index (χ1) is 16.4. The molecule has 0 saturated carbocycles. The maximum Gasteiger partial charge on any atom is 0.417 e. The molecule has 0 saturated heterocycles. The number of amides is 1. The molecule has 0 aliphatic heterocycles. The molecule has 3 aromatic rings. The second-order valence-corrected chi connectivity index (χ2v) is 9.79. The minimum Gasteiger partial charge on any atom is -0.496 e. The second-order valence-electron chi connectivity index (χ2n) is 7.52. The molecule has 0 radical (unpaired) electrons. The number of methoxy groups -OCH3 is 1. The normalized spacial score (nSPS) is 12.6. The monoisotopic (exact) mass is 526 g/mol. The van der Waals surface area contributed by atoms with Crippen molar-refractivity contribution in [1.29, 1.82) is 0 Å². The molecule has 0 fully saturated rings. The molecule has 6 nitrogen and oxygen atoms in total. The molecule has 0 aliphatic rings. The molecule has 1 atom stereocenters. The fraction of sp³-hybridized carbons (Fsp3) is 0.208. The van der Waals surface area contributed by atoms with E-state index in [0.29, 0.717) is 21.7 Å². The van der Waals surface area contributed by atoms with Crippen LogP contribution in [0.25, 0.3) is 0 Å². The molecule has 1 unspecified atom stereocenters. The number of hydrogen-bond acceptors (Lipinski definition) is 4. The summed E-state index contributed by atoms with van der Waals surface area (Å²) in [6.07, 6.45) is -4.82. The lowest BCUT2D eigenvalue weighted by molar-refractivity contribution is -0.137. The van der Waals surface area contributed by atoms with E-state index in [1.165, 1.54) is 31.4 Å². The summed E-state index contributed by atoms with van der Waals surface area (Å²) in [4.78, 5) is 12.7. The minimum atomic E-state index is -4.82. The van der Waals surface area contributed by atoms with E-state index in [1.54, 1.807) is 37.3 Å². The van der Waals surface area contributed by atoms with Gasteiger partial charge in [0.05, 0.1) is 34.3 Å². The molecular formula is C24H22ClF3N2O4S. The van der Waals surface area contributed by atoms with Crippen LogP contribution in [0.3, 0.4) is 0 Å². The largest absolute Gasteiger partial charge is 0.496 e. The highest BCUT2D eigenvalue weighted by Gasteiger charge is 2.35. The van der Waals surface area contributed by atoms with Gasteiger partial charge in [0.2, 0.25) is 5.91 Å². The summed E-state index contributed by atoms with van der Waals surface area (Å²) < 4.78 is 73.1.